The number of benzene rings is 4. The average molecular weight is 1010 g/mol. The van der Waals surface area contributed by atoms with Gasteiger partial charge in [0.15, 0.2) is 18.9 Å². The molecule has 0 aromatic heterocycles. The molecule has 0 spiro atoms. The smallest absolute Gasteiger partial charge is 0.264 e. The maximum Gasteiger partial charge on any atom is 0.264 e. The predicted molar refractivity (Wildman–Crippen MR) is 264 cm³/mol. The lowest BCUT2D eigenvalue weighted by Crippen LogP contribution is -2.75. The molecule has 0 bridgehead atoms. The van der Waals surface area contributed by atoms with Crippen LogP contribution in [0.1, 0.15) is 55.4 Å². The normalized spacial score (nSPS) is 32.3. The zero-order valence-corrected chi connectivity index (χ0v) is 43.0. The fourth-order valence-corrected chi connectivity index (χ4v) is 19.4. The van der Waals surface area contributed by atoms with Crippen LogP contribution in [0.3, 0.4) is 0 Å². The van der Waals surface area contributed by atoms with Crippen molar-refractivity contribution in [2.45, 2.75) is 158 Å². The highest BCUT2D eigenvalue weighted by Crippen LogP contribution is 2.42. The lowest BCUT2D eigenvalue weighted by atomic mass is 9.94. The van der Waals surface area contributed by atoms with Gasteiger partial charge < -0.3 is 73.6 Å². The Morgan fingerprint density at radius 3 is 1.37 bits per heavy atom. The third kappa shape index (κ3) is 10.7. The molecule has 3 aliphatic heterocycles. The van der Waals surface area contributed by atoms with Crippen LogP contribution in [0.5, 0.6) is 0 Å². The molecule has 8 N–H and O–H groups in total. The van der Waals surface area contributed by atoms with Gasteiger partial charge >= 0.3 is 0 Å². The summed E-state index contributed by atoms with van der Waals surface area (Å²) in [5.41, 5.74) is 0. The summed E-state index contributed by atoms with van der Waals surface area (Å²) in [7, 11) is -7.00. The van der Waals surface area contributed by atoms with Crippen LogP contribution in [0.2, 0.25) is 10.1 Å². The summed E-state index contributed by atoms with van der Waals surface area (Å²) >= 11 is 0. The average Bonchev–Trinajstić information content (AvgIpc) is 3.33. The first-order valence-electron chi connectivity index (χ1n) is 23.9. The fourth-order valence-electron chi connectivity index (χ4n) is 10.3. The molecule has 0 saturated carbocycles. The second-order valence-corrected chi connectivity index (χ2v) is 29.2. The second kappa shape index (κ2) is 22.1. The Morgan fingerprint density at radius 2 is 0.943 bits per heavy atom. The lowest BCUT2D eigenvalue weighted by Gasteiger charge is -2.53. The molecule has 4 aromatic rings. The van der Waals surface area contributed by atoms with Crippen LogP contribution in [-0.4, -0.2) is 164 Å². The topological polar surface area (TPSA) is 235 Å². The Kier molecular flexibility index (Phi) is 17.1. The van der Waals surface area contributed by atoms with Crippen LogP contribution in [0.15, 0.2) is 121 Å². The zero-order chi connectivity index (χ0) is 50.8. The molecule has 70 heavy (non-hydrogen) atoms. The fraction of sp³-hybridized carbons (Fsp3) is 0.519. The number of hydrogen-bond acceptors (Lipinski definition) is 15. The van der Waals surface area contributed by atoms with E-state index in [0.29, 0.717) is 0 Å². The van der Waals surface area contributed by atoms with Crippen molar-refractivity contribution in [2.24, 2.45) is 0 Å². The van der Waals surface area contributed by atoms with Crippen LogP contribution in [-0.2, 0) is 37.3 Å². The number of aliphatic hydroxyl groups is 7. The van der Waals surface area contributed by atoms with Gasteiger partial charge in [0.1, 0.15) is 67.1 Å². The van der Waals surface area contributed by atoms with Gasteiger partial charge in [-0.3, -0.25) is 4.79 Å². The number of amides is 1. The molecule has 15 atom stereocenters. The van der Waals surface area contributed by atoms with E-state index >= 15 is 0 Å². The molecular weight excluding hydrogens is 935 g/mol. The molecule has 3 fully saturated rings. The van der Waals surface area contributed by atoms with Crippen molar-refractivity contribution in [1.29, 1.82) is 0 Å². The highest BCUT2D eigenvalue weighted by Gasteiger charge is 2.60. The number of hydrogen-bond donors (Lipinski definition) is 8. The largest absolute Gasteiger partial charge is 0.405 e. The Morgan fingerprint density at radius 1 is 0.543 bits per heavy atom. The van der Waals surface area contributed by atoms with E-state index < -0.39 is 131 Å². The maximum absolute atomic E-state index is 13.6. The van der Waals surface area contributed by atoms with Gasteiger partial charge in [-0.05, 0) is 37.7 Å². The van der Waals surface area contributed by atoms with Gasteiger partial charge in [0.05, 0.1) is 19.3 Å². The van der Waals surface area contributed by atoms with E-state index in [1.165, 1.54) is 13.8 Å². The lowest BCUT2D eigenvalue weighted by molar-refractivity contribution is -0.369. The Balaban J connectivity index is 1.46. The minimum atomic E-state index is -3.60. The molecule has 1 amide bonds. The summed E-state index contributed by atoms with van der Waals surface area (Å²) in [5, 5.41) is 82.7. The third-order valence-corrected chi connectivity index (χ3v) is 23.8. The van der Waals surface area contributed by atoms with E-state index in [9.17, 15) is 40.5 Å². The number of nitrogens with one attached hydrogen (secondary N) is 1. The van der Waals surface area contributed by atoms with Crippen LogP contribution in [0, 0.1) is 0 Å². The van der Waals surface area contributed by atoms with Crippen molar-refractivity contribution < 1.29 is 73.1 Å². The summed E-state index contributed by atoms with van der Waals surface area (Å²) in [5.74, 6) is -0.541. The Hall–Kier alpha value is -3.78. The predicted octanol–water partition coefficient (Wildman–Crippen LogP) is 0.767. The molecule has 4 aromatic carbocycles. The van der Waals surface area contributed by atoms with Crippen molar-refractivity contribution in [2.75, 3.05) is 13.2 Å². The van der Waals surface area contributed by atoms with Crippen LogP contribution < -0.4 is 26.1 Å². The second-order valence-electron chi connectivity index (χ2n) is 20.6. The van der Waals surface area contributed by atoms with E-state index in [1.54, 1.807) is 0 Å². The molecule has 0 aliphatic carbocycles. The van der Waals surface area contributed by atoms with Crippen molar-refractivity contribution in [3.05, 3.63) is 121 Å². The van der Waals surface area contributed by atoms with E-state index in [1.807, 2.05) is 121 Å². The molecule has 382 valence electrons. The Labute approximate surface area is 412 Å². The van der Waals surface area contributed by atoms with E-state index in [2.05, 4.69) is 46.9 Å². The van der Waals surface area contributed by atoms with Crippen molar-refractivity contribution in [1.82, 2.24) is 5.32 Å². The van der Waals surface area contributed by atoms with Gasteiger partial charge in [-0.25, -0.2) is 0 Å². The van der Waals surface area contributed by atoms with Crippen molar-refractivity contribution >= 4 is 43.3 Å². The van der Waals surface area contributed by atoms with Crippen LogP contribution >= 0.6 is 0 Å². The molecule has 3 saturated heterocycles. The van der Waals surface area contributed by atoms with Gasteiger partial charge in [0.25, 0.3) is 16.6 Å². The summed E-state index contributed by atoms with van der Waals surface area (Å²) in [6.45, 7) is 14.4. The minimum absolute atomic E-state index is 0.256. The van der Waals surface area contributed by atoms with Gasteiger partial charge in [0, 0.05) is 6.92 Å². The van der Waals surface area contributed by atoms with Gasteiger partial charge in [-0.1, -0.05) is 163 Å². The number of ether oxygens (including phenoxy) is 5. The number of aliphatic hydroxyl groups excluding tert-OH is 7. The van der Waals surface area contributed by atoms with E-state index in [4.69, 9.17) is 32.5 Å². The minimum Gasteiger partial charge on any atom is -0.405 e. The first-order valence-corrected chi connectivity index (χ1v) is 27.8. The van der Waals surface area contributed by atoms with Gasteiger partial charge in [-0.15, -0.1) is 0 Å². The molecule has 16 nitrogen and oxygen atoms in total. The first kappa shape index (κ1) is 54.0. The standard InChI is InChI=1S/C52H71NO15Si2/c1-31-40(56)42(58)44(60)49(63-31)67-47-39(53-32(2)55)48(68-70(52(6,7)8,35-25-17-11-18-26-35)36-27-19-12-20-28-36)65-38(46(47)66-50-45(61)43(59)41(57)37(29-54)64-50)30-62-69(51(3,4)5,33-21-13-9-14-22-33)34-23-15-10-16-24-34/h9-28,31,37-50,54,56-61H,29-30H2,1-8H3,(H,53,55)/t31-,37+,38+,39+,40-,41-,42+,43-,44+,45+,46+,47+,48-,49-,50-/m0/s1. The van der Waals surface area contributed by atoms with Gasteiger partial charge in [0.2, 0.25) is 5.91 Å². The highest BCUT2D eigenvalue weighted by atomic mass is 28.4. The van der Waals surface area contributed by atoms with Crippen LogP contribution in [0.4, 0.5) is 0 Å². The zero-order valence-electron chi connectivity index (χ0n) is 41.0. The molecular formula is C52H71NO15Si2. The summed E-state index contributed by atoms with van der Waals surface area (Å²) in [6.07, 6.45) is -22.0. The Bertz CT molecular complexity index is 2190. The van der Waals surface area contributed by atoms with Gasteiger partial charge in [-0.2, -0.15) is 0 Å². The number of carbonyl (C=O) groups excluding carboxylic acids is 1. The summed E-state index contributed by atoms with van der Waals surface area (Å²) < 4.78 is 48.1. The third-order valence-electron chi connectivity index (χ3n) is 13.8. The maximum atomic E-state index is 13.6. The van der Waals surface area contributed by atoms with Crippen molar-refractivity contribution in [3.63, 3.8) is 0 Å². The van der Waals surface area contributed by atoms with Crippen LogP contribution in [0.25, 0.3) is 0 Å². The SMILES string of the molecule is CC(=O)N[C@H]1[C@H](O[Si](c2ccccc2)(c2ccccc2)C(C)(C)C)O[C@H](CO[Si](c2ccccc2)(c2ccccc2)C(C)(C)C)[C@@H](O[C@@H]2O[C@H](CO)[C@H](O)[C@H](O)[C@H]2O)[C@@H]1O[C@@H]1O[C@@H](C)[C@H](O)[C@@H](O)[C@H]1O. The quantitative estimate of drug-likeness (QED) is 0.0769. The van der Waals surface area contributed by atoms with E-state index in [0.717, 1.165) is 20.7 Å². The molecule has 0 radical (unpaired) electrons. The number of rotatable bonds is 15. The molecule has 0 unspecified atom stereocenters. The summed E-state index contributed by atoms with van der Waals surface area (Å²) in [4.78, 5) is 13.6. The number of carbonyl (C=O) groups is 1. The van der Waals surface area contributed by atoms with Crippen molar-refractivity contribution in [3.8, 4) is 0 Å². The highest BCUT2D eigenvalue weighted by molar-refractivity contribution is 7.00. The molecule has 3 aliphatic rings. The monoisotopic (exact) mass is 1010 g/mol. The molecule has 3 heterocycles. The molecule has 7 rings (SSSR count). The first-order chi connectivity index (χ1) is 33.2. The summed E-state index contributed by atoms with van der Waals surface area (Å²) in [6, 6.07) is 38.0. The van der Waals surface area contributed by atoms with E-state index in [-0.39, 0.29) is 6.61 Å². The molecule has 18 heteroatoms.